The lowest BCUT2D eigenvalue weighted by molar-refractivity contribution is 0.0998. The summed E-state index contributed by atoms with van der Waals surface area (Å²) in [4.78, 5) is 11.9. The fourth-order valence-corrected chi connectivity index (χ4v) is 1.96. The maximum atomic E-state index is 11.9. The molecular formula is C16H25NO2. The second-order valence-electron chi connectivity index (χ2n) is 7.05. The number of carbonyl (C=O) groups excluding carboxylic acids is 1. The number of phenols is 1. The van der Waals surface area contributed by atoms with Crippen molar-refractivity contribution in [3.8, 4) is 5.75 Å². The molecule has 0 radical (unpaired) electrons. The Balaban J connectivity index is 3.62. The molecule has 0 aliphatic rings. The van der Waals surface area contributed by atoms with E-state index in [0.717, 1.165) is 11.1 Å². The second-order valence-corrected chi connectivity index (χ2v) is 7.05. The van der Waals surface area contributed by atoms with Crippen molar-refractivity contribution < 1.29 is 9.90 Å². The first-order valence-corrected chi connectivity index (χ1v) is 6.59. The summed E-state index contributed by atoms with van der Waals surface area (Å²) in [5.74, 6) is -0.162. The SMILES string of the molecule is CC(C)(C)c1cc(C(=O)CN)c(O)c(C(C)(C)C)c1. The molecule has 1 aromatic carbocycles. The van der Waals surface area contributed by atoms with Gasteiger partial charge in [-0.3, -0.25) is 4.79 Å². The first kappa shape index (κ1) is 15.7. The van der Waals surface area contributed by atoms with Gasteiger partial charge in [0.25, 0.3) is 0 Å². The quantitative estimate of drug-likeness (QED) is 0.806. The molecule has 3 N–H and O–H groups in total. The molecule has 3 heteroatoms. The first-order valence-electron chi connectivity index (χ1n) is 6.59. The van der Waals surface area contributed by atoms with Crippen LogP contribution in [0.25, 0.3) is 0 Å². The lowest BCUT2D eigenvalue weighted by Crippen LogP contribution is -2.21. The van der Waals surface area contributed by atoms with E-state index in [9.17, 15) is 9.90 Å². The summed E-state index contributed by atoms with van der Waals surface area (Å²) in [7, 11) is 0. The van der Waals surface area contributed by atoms with E-state index in [1.54, 1.807) is 6.07 Å². The lowest BCUT2D eigenvalue weighted by atomic mass is 9.78. The first-order chi connectivity index (χ1) is 8.48. The second kappa shape index (κ2) is 4.97. The van der Waals surface area contributed by atoms with Gasteiger partial charge in [-0.2, -0.15) is 0 Å². The maximum absolute atomic E-state index is 11.9. The van der Waals surface area contributed by atoms with Crippen LogP contribution in [0, 0.1) is 0 Å². The van der Waals surface area contributed by atoms with Crippen LogP contribution >= 0.6 is 0 Å². The lowest BCUT2D eigenvalue weighted by Gasteiger charge is -2.27. The Kier molecular flexibility index (Phi) is 4.11. The number of aromatic hydroxyl groups is 1. The summed E-state index contributed by atoms with van der Waals surface area (Å²) in [6, 6.07) is 3.75. The smallest absolute Gasteiger partial charge is 0.180 e. The summed E-state index contributed by atoms with van der Waals surface area (Å²) in [6.07, 6.45) is 0. The van der Waals surface area contributed by atoms with Gasteiger partial charge in [-0.25, -0.2) is 0 Å². The van der Waals surface area contributed by atoms with E-state index in [2.05, 4.69) is 20.8 Å². The molecule has 0 atom stereocenters. The standard InChI is InChI=1S/C16H25NO2/c1-15(2,3)10-7-11(13(18)9-17)14(19)12(8-10)16(4,5)6/h7-8,19H,9,17H2,1-6H3. The predicted molar refractivity (Wildman–Crippen MR) is 78.9 cm³/mol. The zero-order chi connectivity index (χ0) is 15.0. The summed E-state index contributed by atoms with van der Waals surface area (Å²) in [5.41, 5.74) is 7.27. The van der Waals surface area contributed by atoms with Crippen molar-refractivity contribution in [3.05, 3.63) is 28.8 Å². The van der Waals surface area contributed by atoms with Gasteiger partial charge in [0.05, 0.1) is 12.1 Å². The monoisotopic (exact) mass is 263 g/mol. The highest BCUT2D eigenvalue weighted by molar-refractivity contribution is 6.00. The van der Waals surface area contributed by atoms with Crippen LogP contribution < -0.4 is 5.73 Å². The van der Waals surface area contributed by atoms with Gasteiger partial charge in [0.1, 0.15) is 5.75 Å². The van der Waals surface area contributed by atoms with Crippen LogP contribution in [-0.2, 0) is 10.8 Å². The third-order valence-corrected chi connectivity index (χ3v) is 3.27. The highest BCUT2D eigenvalue weighted by atomic mass is 16.3. The van der Waals surface area contributed by atoms with Crippen molar-refractivity contribution in [2.45, 2.75) is 52.4 Å². The van der Waals surface area contributed by atoms with E-state index in [1.165, 1.54) is 0 Å². The Morgan fingerprint density at radius 1 is 1.11 bits per heavy atom. The number of phenolic OH excluding ortho intramolecular Hbond substituents is 1. The number of rotatable bonds is 2. The fourth-order valence-electron chi connectivity index (χ4n) is 1.96. The zero-order valence-electron chi connectivity index (χ0n) is 12.8. The summed E-state index contributed by atoms with van der Waals surface area (Å²) in [5, 5.41) is 10.3. The van der Waals surface area contributed by atoms with Gasteiger partial charge in [-0.1, -0.05) is 47.6 Å². The van der Waals surface area contributed by atoms with Gasteiger partial charge >= 0.3 is 0 Å². The molecule has 0 amide bonds. The Bertz CT molecular complexity index is 491. The van der Waals surface area contributed by atoms with Crippen molar-refractivity contribution in [1.82, 2.24) is 0 Å². The Morgan fingerprint density at radius 3 is 2.00 bits per heavy atom. The fraction of sp³-hybridized carbons (Fsp3) is 0.562. The average molecular weight is 263 g/mol. The van der Waals surface area contributed by atoms with E-state index >= 15 is 0 Å². The number of benzene rings is 1. The van der Waals surface area contributed by atoms with Gasteiger partial charge in [0.15, 0.2) is 5.78 Å². The Hall–Kier alpha value is -1.35. The van der Waals surface area contributed by atoms with Gasteiger partial charge < -0.3 is 10.8 Å². The molecule has 0 spiro atoms. The predicted octanol–water partition coefficient (Wildman–Crippen LogP) is 3.13. The number of nitrogens with two attached hydrogens (primary N) is 1. The van der Waals surface area contributed by atoms with Crippen LogP contribution in [0.2, 0.25) is 0 Å². The molecule has 0 aromatic heterocycles. The molecule has 19 heavy (non-hydrogen) atoms. The van der Waals surface area contributed by atoms with E-state index in [4.69, 9.17) is 5.73 Å². The molecule has 1 rings (SSSR count). The van der Waals surface area contributed by atoms with Gasteiger partial charge in [0, 0.05) is 5.56 Å². The number of hydrogen-bond donors (Lipinski definition) is 2. The minimum atomic E-state index is -0.228. The van der Waals surface area contributed by atoms with Crippen LogP contribution in [0.3, 0.4) is 0 Å². The van der Waals surface area contributed by atoms with E-state index in [0.29, 0.717) is 5.56 Å². The Morgan fingerprint density at radius 2 is 1.63 bits per heavy atom. The summed E-state index contributed by atoms with van der Waals surface area (Å²) in [6.45, 7) is 12.2. The minimum Gasteiger partial charge on any atom is -0.507 e. The van der Waals surface area contributed by atoms with Gasteiger partial charge in [0.2, 0.25) is 0 Å². The topological polar surface area (TPSA) is 63.3 Å². The third-order valence-electron chi connectivity index (χ3n) is 3.27. The number of Topliss-reactive ketones (excluding diaryl/α,β-unsaturated/α-hetero) is 1. The number of hydrogen-bond acceptors (Lipinski definition) is 3. The van der Waals surface area contributed by atoms with Crippen LogP contribution in [0.15, 0.2) is 12.1 Å². The largest absolute Gasteiger partial charge is 0.507 e. The molecule has 0 saturated heterocycles. The molecule has 0 fully saturated rings. The van der Waals surface area contributed by atoms with Gasteiger partial charge in [-0.15, -0.1) is 0 Å². The third kappa shape index (κ3) is 3.35. The minimum absolute atomic E-state index is 0.0657. The van der Waals surface area contributed by atoms with Crippen LogP contribution in [0.4, 0.5) is 0 Å². The van der Waals surface area contributed by atoms with Crippen LogP contribution in [0.5, 0.6) is 5.75 Å². The van der Waals surface area contributed by atoms with Crippen molar-refractivity contribution in [3.63, 3.8) is 0 Å². The maximum Gasteiger partial charge on any atom is 0.180 e. The normalized spacial score (nSPS) is 12.6. The molecule has 0 heterocycles. The summed E-state index contributed by atoms with van der Waals surface area (Å²) >= 11 is 0. The molecule has 0 aliphatic carbocycles. The molecular weight excluding hydrogens is 238 g/mol. The zero-order valence-corrected chi connectivity index (χ0v) is 12.8. The van der Waals surface area contributed by atoms with Crippen molar-refractivity contribution >= 4 is 5.78 Å². The molecule has 0 saturated carbocycles. The van der Waals surface area contributed by atoms with E-state index < -0.39 is 0 Å². The highest BCUT2D eigenvalue weighted by Gasteiger charge is 2.26. The highest BCUT2D eigenvalue weighted by Crippen LogP contribution is 2.37. The summed E-state index contributed by atoms with van der Waals surface area (Å²) < 4.78 is 0. The molecule has 3 nitrogen and oxygen atoms in total. The number of ketones is 1. The van der Waals surface area contributed by atoms with E-state index in [1.807, 2.05) is 26.8 Å². The van der Waals surface area contributed by atoms with Crippen LogP contribution in [-0.4, -0.2) is 17.4 Å². The van der Waals surface area contributed by atoms with Crippen molar-refractivity contribution in [1.29, 1.82) is 0 Å². The Labute approximate surface area is 115 Å². The molecule has 106 valence electrons. The molecule has 0 aliphatic heterocycles. The van der Waals surface area contributed by atoms with Crippen molar-refractivity contribution in [2.24, 2.45) is 5.73 Å². The van der Waals surface area contributed by atoms with Crippen molar-refractivity contribution in [2.75, 3.05) is 6.54 Å². The van der Waals surface area contributed by atoms with E-state index in [-0.39, 0.29) is 28.9 Å². The number of carbonyl (C=O) groups is 1. The molecule has 1 aromatic rings. The average Bonchev–Trinajstić information content (AvgIpc) is 2.25. The van der Waals surface area contributed by atoms with Gasteiger partial charge in [-0.05, 0) is 22.5 Å². The van der Waals surface area contributed by atoms with Crippen LogP contribution in [0.1, 0.15) is 63.0 Å². The molecule has 0 unspecified atom stereocenters. The molecule has 0 bridgehead atoms.